The fraction of sp³-hybridized carbons (Fsp3) is 0.808. The van der Waals surface area contributed by atoms with Crippen molar-refractivity contribution in [2.45, 2.75) is 85.8 Å². The quantitative estimate of drug-likeness (QED) is 0.563. The van der Waals surface area contributed by atoms with Crippen LogP contribution in [0.5, 0.6) is 0 Å². The van der Waals surface area contributed by atoms with Crippen molar-refractivity contribution in [2.75, 3.05) is 33.3 Å². The molecular formula is C26H45FN2O2. The number of rotatable bonds is 5. The van der Waals surface area contributed by atoms with Gasteiger partial charge in [-0.15, -0.1) is 0 Å². The number of carbonyl (C=O) groups is 1. The number of amides is 1. The first kappa shape index (κ1) is 26.1. The van der Waals surface area contributed by atoms with Crippen molar-refractivity contribution in [1.29, 1.82) is 0 Å². The minimum Gasteiger partial charge on any atom is -0.373 e. The van der Waals surface area contributed by atoms with Crippen LogP contribution in [0.3, 0.4) is 0 Å². The number of hydrogen-bond donors (Lipinski definition) is 0. The third kappa shape index (κ3) is 6.41. The molecule has 4 nitrogen and oxygen atoms in total. The van der Waals surface area contributed by atoms with Gasteiger partial charge in [0.1, 0.15) is 5.83 Å². The van der Waals surface area contributed by atoms with Gasteiger partial charge >= 0.3 is 0 Å². The molecule has 2 aliphatic heterocycles. The summed E-state index contributed by atoms with van der Waals surface area (Å²) in [5, 5.41) is 0. The third-order valence-electron chi connectivity index (χ3n) is 7.60. The molecule has 1 spiro atoms. The first-order valence-electron chi connectivity index (χ1n) is 12.1. The standard InChI is InChI=1S/C26H45FN2O2/c1-9-22(24(30)28(8)19(2)3)17-29-15-10-12-26(14-16-29)21(5)20(4)23(27)11-13-25(6,7)18-31-26/h11,13,19,21-22H,9-10,12,14-18H2,1-8H3/b13-11-,23-20+. The Morgan fingerprint density at radius 1 is 1.32 bits per heavy atom. The van der Waals surface area contributed by atoms with Gasteiger partial charge in [0.25, 0.3) is 0 Å². The third-order valence-corrected chi connectivity index (χ3v) is 7.60. The largest absolute Gasteiger partial charge is 0.373 e. The van der Waals surface area contributed by atoms with Crippen molar-refractivity contribution in [3.05, 3.63) is 23.6 Å². The summed E-state index contributed by atoms with van der Waals surface area (Å²) in [5.41, 5.74) is 0.212. The highest BCUT2D eigenvalue weighted by molar-refractivity contribution is 5.79. The lowest BCUT2D eigenvalue weighted by molar-refractivity contribution is -0.136. The monoisotopic (exact) mass is 436 g/mol. The van der Waals surface area contributed by atoms with E-state index < -0.39 is 0 Å². The lowest BCUT2D eigenvalue weighted by Gasteiger charge is -2.41. The van der Waals surface area contributed by atoms with Crippen LogP contribution in [0.2, 0.25) is 0 Å². The van der Waals surface area contributed by atoms with Gasteiger partial charge in [0.05, 0.1) is 18.1 Å². The molecule has 2 heterocycles. The van der Waals surface area contributed by atoms with E-state index >= 15 is 0 Å². The number of hydrogen-bond acceptors (Lipinski definition) is 3. The molecule has 31 heavy (non-hydrogen) atoms. The van der Waals surface area contributed by atoms with E-state index in [1.165, 1.54) is 0 Å². The average Bonchev–Trinajstić information content (AvgIpc) is 2.93. The molecular weight excluding hydrogens is 391 g/mol. The normalized spacial score (nSPS) is 32.1. The summed E-state index contributed by atoms with van der Waals surface area (Å²) in [6.07, 6.45) is 7.18. The molecule has 1 amide bonds. The second-order valence-electron chi connectivity index (χ2n) is 10.7. The molecule has 0 aromatic rings. The van der Waals surface area contributed by atoms with Crippen molar-refractivity contribution in [2.24, 2.45) is 17.3 Å². The Morgan fingerprint density at radius 3 is 2.61 bits per heavy atom. The van der Waals surface area contributed by atoms with Gasteiger partial charge in [0.15, 0.2) is 0 Å². The van der Waals surface area contributed by atoms with Gasteiger partial charge in [-0.2, -0.15) is 0 Å². The predicted octanol–water partition coefficient (Wildman–Crippen LogP) is 5.60. The number of nitrogens with zero attached hydrogens (tertiary/aromatic N) is 2. The Labute approximate surface area is 189 Å². The van der Waals surface area contributed by atoms with Crippen molar-refractivity contribution >= 4 is 5.91 Å². The molecule has 0 radical (unpaired) electrons. The van der Waals surface area contributed by atoms with E-state index in [1.807, 2.05) is 24.9 Å². The number of carbonyl (C=O) groups excluding carboxylic acids is 1. The molecule has 0 aromatic heterocycles. The molecule has 3 unspecified atom stereocenters. The van der Waals surface area contributed by atoms with Crippen molar-refractivity contribution < 1.29 is 13.9 Å². The smallest absolute Gasteiger partial charge is 0.226 e. The first-order valence-corrected chi connectivity index (χ1v) is 12.1. The second-order valence-corrected chi connectivity index (χ2v) is 10.7. The summed E-state index contributed by atoms with van der Waals surface area (Å²) in [6, 6.07) is 0.212. The molecule has 1 saturated heterocycles. The van der Waals surface area contributed by atoms with E-state index in [1.54, 1.807) is 6.08 Å². The summed E-state index contributed by atoms with van der Waals surface area (Å²) >= 11 is 0. The fourth-order valence-corrected chi connectivity index (χ4v) is 4.72. The Kier molecular flexibility index (Phi) is 8.92. The number of likely N-dealkylation sites (tertiary alicyclic amines) is 1. The van der Waals surface area contributed by atoms with Gasteiger partial charge in [-0.1, -0.05) is 33.8 Å². The van der Waals surface area contributed by atoms with Crippen LogP contribution in [0, 0.1) is 17.3 Å². The van der Waals surface area contributed by atoms with Crippen molar-refractivity contribution in [1.82, 2.24) is 9.80 Å². The highest BCUT2D eigenvalue weighted by atomic mass is 19.1. The van der Waals surface area contributed by atoms with Crippen LogP contribution in [-0.4, -0.2) is 60.6 Å². The van der Waals surface area contributed by atoms with Crippen LogP contribution in [0.1, 0.15) is 74.1 Å². The Balaban J connectivity index is 2.17. The van der Waals surface area contributed by atoms with Crippen LogP contribution in [0.25, 0.3) is 0 Å². The minimum absolute atomic E-state index is 0.0154. The van der Waals surface area contributed by atoms with E-state index in [-0.39, 0.29) is 40.6 Å². The van der Waals surface area contributed by atoms with Crippen molar-refractivity contribution in [3.63, 3.8) is 0 Å². The van der Waals surface area contributed by atoms with Crippen LogP contribution >= 0.6 is 0 Å². The van der Waals surface area contributed by atoms with E-state index in [2.05, 4.69) is 46.4 Å². The highest BCUT2D eigenvalue weighted by Crippen LogP contribution is 2.41. The summed E-state index contributed by atoms with van der Waals surface area (Å²) in [6.45, 7) is 17.6. The first-order chi connectivity index (χ1) is 14.4. The zero-order valence-corrected chi connectivity index (χ0v) is 21.1. The fourth-order valence-electron chi connectivity index (χ4n) is 4.72. The molecule has 2 rings (SSSR count). The molecule has 178 valence electrons. The van der Waals surface area contributed by atoms with Gasteiger partial charge in [-0.3, -0.25) is 4.79 Å². The van der Waals surface area contributed by atoms with E-state index in [0.29, 0.717) is 6.61 Å². The Bertz CT molecular complexity index is 685. The zero-order chi connectivity index (χ0) is 23.4. The molecule has 2 aliphatic rings. The van der Waals surface area contributed by atoms with Crippen LogP contribution < -0.4 is 0 Å². The maximum absolute atomic E-state index is 14.8. The number of allylic oxidation sites excluding steroid dienone is 2. The average molecular weight is 437 g/mol. The van der Waals surface area contributed by atoms with Gasteiger partial charge < -0.3 is 14.5 Å². The lowest BCUT2D eigenvalue weighted by Crippen LogP contribution is -2.44. The van der Waals surface area contributed by atoms with Crippen LogP contribution in [0.4, 0.5) is 4.39 Å². The molecule has 1 fully saturated rings. The summed E-state index contributed by atoms with van der Waals surface area (Å²) in [5.74, 6) is 0.140. The second kappa shape index (κ2) is 10.6. The maximum atomic E-state index is 14.8. The summed E-state index contributed by atoms with van der Waals surface area (Å²) < 4.78 is 21.5. The van der Waals surface area contributed by atoms with Gasteiger partial charge in [0, 0.05) is 37.5 Å². The Morgan fingerprint density at radius 2 is 2.00 bits per heavy atom. The lowest BCUT2D eigenvalue weighted by atomic mass is 9.78. The molecule has 0 N–H and O–H groups in total. The summed E-state index contributed by atoms with van der Waals surface area (Å²) in [4.78, 5) is 17.2. The van der Waals surface area contributed by atoms with Gasteiger partial charge in [-0.25, -0.2) is 4.39 Å². The predicted molar refractivity (Wildman–Crippen MR) is 127 cm³/mol. The SMILES string of the molecule is CCC(CN1CCCC2(CC1)OCC(C)(C)/C=C\C(F)=C(\C)C2C)C(=O)N(C)C(C)C. The molecule has 0 saturated carbocycles. The molecule has 5 heteroatoms. The maximum Gasteiger partial charge on any atom is 0.226 e. The van der Waals surface area contributed by atoms with E-state index in [4.69, 9.17) is 4.74 Å². The molecule has 0 aromatic carbocycles. The molecule has 0 aliphatic carbocycles. The van der Waals surface area contributed by atoms with E-state index in [9.17, 15) is 9.18 Å². The minimum atomic E-state index is -0.361. The van der Waals surface area contributed by atoms with Crippen LogP contribution in [-0.2, 0) is 9.53 Å². The Hall–Kier alpha value is -1.20. The highest BCUT2D eigenvalue weighted by Gasteiger charge is 2.42. The van der Waals surface area contributed by atoms with Gasteiger partial charge in [0.2, 0.25) is 5.91 Å². The molecule has 3 atom stereocenters. The van der Waals surface area contributed by atoms with Crippen molar-refractivity contribution in [3.8, 4) is 0 Å². The van der Waals surface area contributed by atoms with Gasteiger partial charge in [-0.05, 0) is 64.6 Å². The number of ether oxygens (including phenoxy) is 1. The number of halogens is 1. The van der Waals surface area contributed by atoms with Crippen LogP contribution in [0.15, 0.2) is 23.6 Å². The summed E-state index contributed by atoms with van der Waals surface area (Å²) in [7, 11) is 1.90. The van der Waals surface area contributed by atoms with E-state index in [0.717, 1.165) is 50.9 Å². The zero-order valence-electron chi connectivity index (χ0n) is 21.1. The molecule has 0 bridgehead atoms. The topological polar surface area (TPSA) is 32.8 Å².